The monoisotopic (exact) mass is 259 g/mol. The van der Waals surface area contributed by atoms with Crippen LogP contribution in [0.25, 0.3) is 10.9 Å². The first-order valence-electron chi connectivity index (χ1n) is 6.09. The van der Waals surface area contributed by atoms with Crippen LogP contribution in [0, 0.1) is 0 Å². The summed E-state index contributed by atoms with van der Waals surface area (Å²) in [6, 6.07) is 5.68. The molecule has 19 heavy (non-hydrogen) atoms. The highest BCUT2D eigenvalue weighted by Gasteiger charge is 2.17. The lowest BCUT2D eigenvalue weighted by atomic mass is 9.86. The molecule has 4 heteroatoms. The van der Waals surface area contributed by atoms with E-state index >= 15 is 0 Å². The van der Waals surface area contributed by atoms with E-state index in [4.69, 9.17) is 0 Å². The predicted molar refractivity (Wildman–Crippen MR) is 74.6 cm³/mol. The van der Waals surface area contributed by atoms with Crippen LogP contribution < -0.4 is 5.43 Å². The molecule has 0 aliphatic heterocycles. The van der Waals surface area contributed by atoms with Gasteiger partial charge in [-0.3, -0.25) is 4.79 Å². The number of carbonyl (C=O) groups excluding carboxylic acids is 1. The van der Waals surface area contributed by atoms with E-state index in [0.717, 1.165) is 5.56 Å². The molecule has 0 spiro atoms. The lowest BCUT2D eigenvalue weighted by Gasteiger charge is -2.19. The van der Waals surface area contributed by atoms with Gasteiger partial charge in [0.25, 0.3) is 0 Å². The number of H-pyrrole nitrogens is 1. The minimum absolute atomic E-state index is 0.0288. The number of ether oxygens (including phenoxy) is 1. The van der Waals surface area contributed by atoms with Crippen molar-refractivity contribution < 1.29 is 9.53 Å². The Morgan fingerprint density at radius 1 is 1.26 bits per heavy atom. The van der Waals surface area contributed by atoms with Gasteiger partial charge in [-0.2, -0.15) is 0 Å². The van der Waals surface area contributed by atoms with Crippen LogP contribution in [-0.4, -0.2) is 18.1 Å². The molecule has 0 aliphatic rings. The molecule has 1 aromatic heterocycles. The zero-order chi connectivity index (χ0) is 14.2. The fourth-order valence-corrected chi connectivity index (χ4v) is 1.95. The Labute approximate surface area is 111 Å². The highest BCUT2D eigenvalue weighted by atomic mass is 16.5. The van der Waals surface area contributed by atoms with Gasteiger partial charge in [0.1, 0.15) is 5.56 Å². The number of aromatic amines is 1. The van der Waals surface area contributed by atoms with Crippen molar-refractivity contribution in [2.24, 2.45) is 0 Å². The summed E-state index contributed by atoms with van der Waals surface area (Å²) in [7, 11) is 1.26. The van der Waals surface area contributed by atoms with Crippen LogP contribution in [-0.2, 0) is 10.2 Å². The molecule has 4 nitrogen and oxygen atoms in total. The number of pyridine rings is 1. The van der Waals surface area contributed by atoms with Crippen molar-refractivity contribution in [1.82, 2.24) is 4.98 Å². The largest absolute Gasteiger partial charge is 0.465 e. The summed E-state index contributed by atoms with van der Waals surface area (Å²) in [5, 5.41) is 0.510. The molecule has 0 fully saturated rings. The summed E-state index contributed by atoms with van der Waals surface area (Å²) >= 11 is 0. The summed E-state index contributed by atoms with van der Waals surface area (Å²) in [6.45, 7) is 6.23. The summed E-state index contributed by atoms with van der Waals surface area (Å²) in [5.41, 5.74) is 1.44. The van der Waals surface area contributed by atoms with Gasteiger partial charge in [-0.25, -0.2) is 4.79 Å². The third-order valence-corrected chi connectivity index (χ3v) is 3.15. The Kier molecular flexibility index (Phi) is 3.18. The fraction of sp³-hybridized carbons (Fsp3) is 0.333. The van der Waals surface area contributed by atoms with E-state index in [2.05, 4.69) is 30.5 Å². The van der Waals surface area contributed by atoms with Crippen molar-refractivity contribution >= 4 is 16.9 Å². The van der Waals surface area contributed by atoms with Crippen LogP contribution >= 0.6 is 0 Å². The first-order chi connectivity index (χ1) is 8.84. The van der Waals surface area contributed by atoms with E-state index in [9.17, 15) is 9.59 Å². The first-order valence-corrected chi connectivity index (χ1v) is 6.09. The lowest BCUT2D eigenvalue weighted by Crippen LogP contribution is -2.18. The second kappa shape index (κ2) is 4.53. The SMILES string of the molecule is COC(=O)c1c[nH]c2ccc(C(C)(C)C)cc2c1=O. The van der Waals surface area contributed by atoms with Gasteiger partial charge >= 0.3 is 5.97 Å². The van der Waals surface area contributed by atoms with Crippen molar-refractivity contribution in [3.63, 3.8) is 0 Å². The Bertz CT molecular complexity index is 693. The standard InChI is InChI=1S/C15H17NO3/c1-15(2,3)9-5-6-12-10(7-9)13(17)11(8-16-12)14(18)19-4/h5-8H,1-4H3,(H,16,17). The minimum atomic E-state index is -0.621. The van der Waals surface area contributed by atoms with Gasteiger partial charge in [0, 0.05) is 17.1 Å². The highest BCUT2D eigenvalue weighted by Crippen LogP contribution is 2.24. The number of benzene rings is 1. The summed E-state index contributed by atoms with van der Waals surface area (Å²) in [6.07, 6.45) is 1.40. The number of fused-ring (bicyclic) bond motifs is 1. The maximum Gasteiger partial charge on any atom is 0.343 e. The smallest absolute Gasteiger partial charge is 0.343 e. The predicted octanol–water partition coefficient (Wildman–Crippen LogP) is 2.61. The number of aromatic nitrogens is 1. The fourth-order valence-electron chi connectivity index (χ4n) is 1.95. The Balaban J connectivity index is 2.73. The van der Waals surface area contributed by atoms with Crippen molar-refractivity contribution in [3.8, 4) is 0 Å². The molecule has 0 bridgehead atoms. The summed E-state index contributed by atoms with van der Waals surface area (Å²) in [5.74, 6) is -0.621. The number of rotatable bonds is 1. The normalized spacial score (nSPS) is 11.6. The Morgan fingerprint density at radius 2 is 1.95 bits per heavy atom. The van der Waals surface area contributed by atoms with E-state index in [-0.39, 0.29) is 16.4 Å². The maximum atomic E-state index is 12.3. The summed E-state index contributed by atoms with van der Waals surface area (Å²) < 4.78 is 4.60. The van der Waals surface area contributed by atoms with E-state index < -0.39 is 5.97 Å². The van der Waals surface area contributed by atoms with Crippen LogP contribution in [0.3, 0.4) is 0 Å². The first kappa shape index (κ1) is 13.3. The molecule has 0 saturated carbocycles. The Morgan fingerprint density at radius 3 is 2.53 bits per heavy atom. The average Bonchev–Trinajstić information content (AvgIpc) is 2.37. The third kappa shape index (κ3) is 2.38. The van der Waals surface area contributed by atoms with Crippen molar-refractivity contribution in [2.45, 2.75) is 26.2 Å². The van der Waals surface area contributed by atoms with Crippen molar-refractivity contribution in [2.75, 3.05) is 7.11 Å². The van der Waals surface area contributed by atoms with Gasteiger partial charge in [-0.05, 0) is 23.1 Å². The second-order valence-electron chi connectivity index (χ2n) is 5.53. The molecule has 100 valence electrons. The van der Waals surface area contributed by atoms with Crippen molar-refractivity contribution in [3.05, 3.63) is 45.7 Å². The van der Waals surface area contributed by atoms with Gasteiger partial charge in [-0.15, -0.1) is 0 Å². The molecule has 1 N–H and O–H groups in total. The number of methoxy groups -OCH3 is 1. The van der Waals surface area contributed by atoms with Crippen LogP contribution in [0.4, 0.5) is 0 Å². The van der Waals surface area contributed by atoms with Crippen LogP contribution in [0.5, 0.6) is 0 Å². The van der Waals surface area contributed by atoms with Crippen LogP contribution in [0.2, 0.25) is 0 Å². The molecule has 2 aromatic rings. The Hall–Kier alpha value is -2.10. The van der Waals surface area contributed by atoms with E-state index in [1.54, 1.807) is 0 Å². The molecular formula is C15H17NO3. The van der Waals surface area contributed by atoms with Gasteiger partial charge < -0.3 is 9.72 Å². The molecule has 0 unspecified atom stereocenters. The second-order valence-corrected chi connectivity index (χ2v) is 5.53. The zero-order valence-electron chi connectivity index (χ0n) is 11.5. The molecular weight excluding hydrogens is 242 g/mol. The molecule has 2 rings (SSSR count). The number of esters is 1. The molecule has 0 atom stereocenters. The number of hydrogen-bond acceptors (Lipinski definition) is 3. The average molecular weight is 259 g/mol. The molecule has 1 heterocycles. The van der Waals surface area contributed by atoms with Crippen LogP contribution in [0.1, 0.15) is 36.7 Å². The molecule has 0 radical (unpaired) electrons. The molecule has 1 aromatic carbocycles. The molecule has 0 aliphatic carbocycles. The van der Waals surface area contributed by atoms with Crippen LogP contribution in [0.15, 0.2) is 29.2 Å². The molecule has 0 amide bonds. The molecule has 0 saturated heterocycles. The van der Waals surface area contributed by atoms with E-state index in [1.165, 1.54) is 13.3 Å². The van der Waals surface area contributed by atoms with Gasteiger partial charge in [0.05, 0.1) is 7.11 Å². The topological polar surface area (TPSA) is 59.2 Å². The van der Waals surface area contributed by atoms with Gasteiger partial charge in [0.2, 0.25) is 5.43 Å². The van der Waals surface area contributed by atoms with E-state index in [1.807, 2.05) is 18.2 Å². The highest BCUT2D eigenvalue weighted by molar-refractivity contribution is 5.93. The zero-order valence-corrected chi connectivity index (χ0v) is 11.5. The maximum absolute atomic E-state index is 12.3. The number of nitrogens with one attached hydrogen (secondary N) is 1. The summed E-state index contributed by atoms with van der Waals surface area (Å²) in [4.78, 5) is 26.8. The number of hydrogen-bond donors (Lipinski definition) is 1. The lowest BCUT2D eigenvalue weighted by molar-refractivity contribution is 0.0599. The van der Waals surface area contributed by atoms with Gasteiger partial charge in [-0.1, -0.05) is 26.8 Å². The van der Waals surface area contributed by atoms with Gasteiger partial charge in [0.15, 0.2) is 0 Å². The number of carbonyl (C=O) groups is 1. The van der Waals surface area contributed by atoms with E-state index in [0.29, 0.717) is 10.9 Å². The quantitative estimate of drug-likeness (QED) is 0.801. The third-order valence-electron chi connectivity index (χ3n) is 3.15. The minimum Gasteiger partial charge on any atom is -0.465 e. The van der Waals surface area contributed by atoms with Crippen molar-refractivity contribution in [1.29, 1.82) is 0 Å².